The van der Waals surface area contributed by atoms with E-state index in [1.165, 1.54) is 0 Å². The van der Waals surface area contributed by atoms with E-state index in [1.807, 2.05) is 60.7 Å². The number of benzene rings is 3. The van der Waals surface area contributed by atoms with Crippen molar-refractivity contribution in [3.8, 4) is 0 Å². The summed E-state index contributed by atoms with van der Waals surface area (Å²) >= 11 is 12.1. The first kappa shape index (κ1) is 32.7. The molecule has 16 nitrogen and oxygen atoms in total. The fourth-order valence-corrected chi connectivity index (χ4v) is 5.65. The van der Waals surface area contributed by atoms with Crippen molar-refractivity contribution in [1.82, 2.24) is 29.9 Å². The summed E-state index contributed by atoms with van der Waals surface area (Å²) in [6, 6.07) is 20.0. The Kier molecular flexibility index (Phi) is 9.75. The van der Waals surface area contributed by atoms with Crippen LogP contribution >= 0.6 is 23.2 Å². The third-order valence-electron chi connectivity index (χ3n) is 5.93. The van der Waals surface area contributed by atoms with Crippen LogP contribution in [0.15, 0.2) is 82.6 Å². The van der Waals surface area contributed by atoms with Gasteiger partial charge in [-0.1, -0.05) is 60.7 Å². The minimum absolute atomic E-state index is 0.0167. The number of anilines is 6. The highest BCUT2D eigenvalue weighted by Gasteiger charge is 2.26. The zero-order valence-electron chi connectivity index (χ0n) is 23.1. The lowest BCUT2D eigenvalue weighted by Gasteiger charge is -2.16. The molecule has 5 rings (SSSR count). The van der Waals surface area contributed by atoms with Crippen LogP contribution in [0, 0.1) is 0 Å². The monoisotopic (exact) mass is 704 g/mol. The van der Waals surface area contributed by atoms with Crippen LogP contribution in [0.2, 0.25) is 10.6 Å². The summed E-state index contributed by atoms with van der Waals surface area (Å²) in [7, 11) is -10.2. The molecule has 5 aromatic rings. The van der Waals surface area contributed by atoms with Gasteiger partial charge in [0.1, 0.15) is 9.79 Å². The molecule has 6 N–H and O–H groups in total. The van der Waals surface area contributed by atoms with Gasteiger partial charge in [0.15, 0.2) is 0 Å². The molecular formula is C26H22Cl2N10O6S2. The predicted octanol–water partition coefficient (Wildman–Crippen LogP) is 4.57. The highest BCUT2D eigenvalue weighted by molar-refractivity contribution is 7.86. The molecule has 0 radical (unpaired) electrons. The second-order valence-electron chi connectivity index (χ2n) is 9.23. The Balaban J connectivity index is 1.49. The molecule has 46 heavy (non-hydrogen) atoms. The van der Waals surface area contributed by atoms with Crippen LogP contribution in [0.5, 0.6) is 0 Å². The van der Waals surface area contributed by atoms with Gasteiger partial charge in [0.2, 0.25) is 34.4 Å². The van der Waals surface area contributed by atoms with Crippen LogP contribution in [-0.2, 0) is 33.3 Å². The maximum absolute atomic E-state index is 12.3. The Morgan fingerprint density at radius 2 is 0.913 bits per heavy atom. The molecule has 0 bridgehead atoms. The Bertz CT molecular complexity index is 1950. The fourth-order valence-electron chi connectivity index (χ4n) is 3.95. The first-order chi connectivity index (χ1) is 21.8. The molecule has 0 fully saturated rings. The van der Waals surface area contributed by atoms with Crippen molar-refractivity contribution in [3.63, 3.8) is 0 Å². The van der Waals surface area contributed by atoms with Crippen molar-refractivity contribution in [2.24, 2.45) is 0 Å². The van der Waals surface area contributed by atoms with E-state index in [2.05, 4.69) is 51.2 Å². The largest absolute Gasteiger partial charge is 0.350 e. The van der Waals surface area contributed by atoms with Crippen molar-refractivity contribution in [1.29, 1.82) is 0 Å². The Labute approximate surface area is 272 Å². The molecule has 0 aliphatic heterocycles. The molecule has 238 valence electrons. The van der Waals surface area contributed by atoms with E-state index in [-0.39, 0.29) is 34.4 Å². The van der Waals surface area contributed by atoms with Gasteiger partial charge in [0, 0.05) is 13.1 Å². The zero-order valence-corrected chi connectivity index (χ0v) is 26.3. The summed E-state index contributed by atoms with van der Waals surface area (Å²) in [6.45, 7) is 0.620. The quantitative estimate of drug-likeness (QED) is 0.0976. The van der Waals surface area contributed by atoms with Gasteiger partial charge in [0.05, 0.1) is 11.4 Å². The van der Waals surface area contributed by atoms with Crippen LogP contribution in [0.4, 0.5) is 35.2 Å². The molecule has 0 amide bonds. The smallest absolute Gasteiger partial charge is 0.296 e. The van der Waals surface area contributed by atoms with Crippen LogP contribution < -0.4 is 21.3 Å². The molecule has 20 heteroatoms. The molecule has 0 spiro atoms. The average Bonchev–Trinajstić information content (AvgIpc) is 2.98. The van der Waals surface area contributed by atoms with E-state index in [0.29, 0.717) is 19.2 Å². The lowest BCUT2D eigenvalue weighted by atomic mass is 10.2. The van der Waals surface area contributed by atoms with Gasteiger partial charge in [-0.3, -0.25) is 9.11 Å². The molecule has 0 unspecified atom stereocenters. The van der Waals surface area contributed by atoms with E-state index in [4.69, 9.17) is 23.2 Å². The highest BCUT2D eigenvalue weighted by atomic mass is 35.5. The molecule has 2 aromatic heterocycles. The van der Waals surface area contributed by atoms with E-state index in [0.717, 1.165) is 17.2 Å². The topological polar surface area (TPSA) is 234 Å². The first-order valence-electron chi connectivity index (χ1n) is 12.9. The van der Waals surface area contributed by atoms with Crippen molar-refractivity contribution in [3.05, 3.63) is 94.5 Å². The summed E-state index contributed by atoms with van der Waals surface area (Å²) < 4.78 is 69.2. The number of rotatable bonds is 12. The standard InChI is InChI=1S/C26H22Cl2N10O6S2/c27-21-33-23(29-13-15-7-3-1-4-8-15)37-25(35-21)31-17-11-18(20(46(42,43)44)12-19(17)45(39,40)41)32-26-36-22(28)34-24(38-26)30-14-16-9-5-2-6-10-16/h1-12H,13-14H2,(H,39,40,41)(H,42,43,44)(H2,29,31,33,35,37)(H2,30,32,34,36,38). The lowest BCUT2D eigenvalue weighted by Crippen LogP contribution is -2.13. The van der Waals surface area contributed by atoms with Crippen molar-refractivity contribution < 1.29 is 25.9 Å². The lowest BCUT2D eigenvalue weighted by molar-refractivity contribution is 0.482. The molecule has 0 saturated carbocycles. The molecule has 0 aliphatic carbocycles. The van der Waals surface area contributed by atoms with Gasteiger partial charge in [-0.25, -0.2) is 0 Å². The van der Waals surface area contributed by atoms with Gasteiger partial charge in [-0.05, 0) is 46.5 Å². The van der Waals surface area contributed by atoms with E-state index in [1.54, 1.807) is 0 Å². The predicted molar refractivity (Wildman–Crippen MR) is 170 cm³/mol. The number of halogens is 2. The Morgan fingerprint density at radius 3 is 1.28 bits per heavy atom. The van der Waals surface area contributed by atoms with Crippen molar-refractivity contribution in [2.75, 3.05) is 21.3 Å². The average molecular weight is 706 g/mol. The van der Waals surface area contributed by atoms with Gasteiger partial charge >= 0.3 is 0 Å². The molecule has 0 saturated heterocycles. The van der Waals surface area contributed by atoms with Crippen molar-refractivity contribution in [2.45, 2.75) is 22.9 Å². The fraction of sp³-hybridized carbons (Fsp3) is 0.0769. The molecule has 0 atom stereocenters. The number of nitrogens with one attached hydrogen (secondary N) is 4. The minimum Gasteiger partial charge on any atom is -0.350 e. The van der Waals surface area contributed by atoms with Crippen LogP contribution in [0.3, 0.4) is 0 Å². The number of aromatic nitrogens is 6. The summed E-state index contributed by atoms with van der Waals surface area (Å²) in [6.07, 6.45) is 0. The second-order valence-corrected chi connectivity index (χ2v) is 12.7. The maximum atomic E-state index is 12.3. The summed E-state index contributed by atoms with van der Waals surface area (Å²) in [5.74, 6) is -0.519. The van der Waals surface area contributed by atoms with Gasteiger partial charge in [0.25, 0.3) is 20.2 Å². The van der Waals surface area contributed by atoms with E-state index >= 15 is 0 Å². The molecule has 2 heterocycles. The van der Waals surface area contributed by atoms with E-state index < -0.39 is 41.4 Å². The zero-order chi connectivity index (χ0) is 32.9. The third kappa shape index (κ3) is 8.71. The highest BCUT2D eigenvalue weighted by Crippen LogP contribution is 2.35. The third-order valence-corrected chi connectivity index (χ3v) is 8.06. The van der Waals surface area contributed by atoms with Crippen LogP contribution in [0.1, 0.15) is 11.1 Å². The number of hydrogen-bond acceptors (Lipinski definition) is 14. The SMILES string of the molecule is O=S(=O)(O)c1cc(S(=O)(=O)O)c(Nc2nc(Cl)nc(NCc3ccccc3)n2)cc1Nc1nc(Cl)nc(NCc2ccccc2)n1. The summed E-state index contributed by atoms with van der Waals surface area (Å²) in [4.78, 5) is 22.3. The van der Waals surface area contributed by atoms with E-state index in [9.17, 15) is 25.9 Å². The van der Waals surface area contributed by atoms with Crippen LogP contribution in [0.25, 0.3) is 0 Å². The van der Waals surface area contributed by atoms with Gasteiger partial charge in [-0.2, -0.15) is 46.7 Å². The minimum atomic E-state index is -5.10. The van der Waals surface area contributed by atoms with Crippen molar-refractivity contribution >= 4 is 78.6 Å². The summed E-state index contributed by atoms with van der Waals surface area (Å²) in [5, 5.41) is 10.5. The summed E-state index contributed by atoms with van der Waals surface area (Å²) in [5.41, 5.74) is 0.957. The Morgan fingerprint density at radius 1 is 0.543 bits per heavy atom. The molecule has 3 aromatic carbocycles. The maximum Gasteiger partial charge on any atom is 0.296 e. The second kappa shape index (κ2) is 13.7. The normalized spacial score (nSPS) is 11.6. The first-order valence-corrected chi connectivity index (χ1v) is 16.5. The molecular weight excluding hydrogens is 683 g/mol. The number of nitrogens with zero attached hydrogens (tertiary/aromatic N) is 6. The number of hydrogen-bond donors (Lipinski definition) is 6. The van der Waals surface area contributed by atoms with Gasteiger partial charge < -0.3 is 21.3 Å². The van der Waals surface area contributed by atoms with Gasteiger partial charge in [-0.15, -0.1) is 0 Å². The van der Waals surface area contributed by atoms with Crippen LogP contribution in [-0.4, -0.2) is 55.8 Å². The molecule has 0 aliphatic rings. The Hall–Kier alpha value is -4.72.